The molecule has 0 bridgehead atoms. The maximum Gasteiger partial charge on any atom is 0.161 e. The van der Waals surface area contributed by atoms with Crippen molar-refractivity contribution in [3.05, 3.63) is 30.7 Å². The third-order valence-corrected chi connectivity index (χ3v) is 5.34. The first kappa shape index (κ1) is 16.6. The lowest BCUT2D eigenvalue weighted by Crippen LogP contribution is -2.56. The van der Waals surface area contributed by atoms with Crippen molar-refractivity contribution in [1.29, 1.82) is 10.8 Å². The Labute approximate surface area is 153 Å². The molecule has 0 radical (unpaired) electrons. The second-order valence-electron chi connectivity index (χ2n) is 6.79. The van der Waals surface area contributed by atoms with E-state index in [0.29, 0.717) is 17.7 Å². The molecule has 1 aliphatic heterocycles. The van der Waals surface area contributed by atoms with Gasteiger partial charge in [0.15, 0.2) is 11.6 Å². The van der Waals surface area contributed by atoms with Crippen LogP contribution in [-0.2, 0) is 0 Å². The molecule has 2 aromatic rings. The molecule has 1 atom stereocenters. The molecule has 0 amide bonds. The van der Waals surface area contributed by atoms with E-state index in [2.05, 4.69) is 21.8 Å². The van der Waals surface area contributed by atoms with Crippen molar-refractivity contribution in [2.75, 3.05) is 9.80 Å². The van der Waals surface area contributed by atoms with Gasteiger partial charge >= 0.3 is 0 Å². The minimum absolute atomic E-state index is 0.0626. The molecule has 4 rings (SSSR count). The minimum atomic E-state index is -0.0626. The van der Waals surface area contributed by atoms with Gasteiger partial charge in [0.05, 0.1) is 18.6 Å². The van der Waals surface area contributed by atoms with E-state index in [9.17, 15) is 0 Å². The van der Waals surface area contributed by atoms with Crippen molar-refractivity contribution in [1.82, 2.24) is 15.0 Å². The van der Waals surface area contributed by atoms with Gasteiger partial charge in [-0.15, -0.1) is 0 Å². The van der Waals surface area contributed by atoms with Crippen LogP contribution in [0.3, 0.4) is 0 Å². The Morgan fingerprint density at radius 3 is 2.62 bits per heavy atom. The molecule has 3 heterocycles. The van der Waals surface area contributed by atoms with Crippen molar-refractivity contribution in [2.45, 2.75) is 51.1 Å². The Balaban J connectivity index is 1.87. The molecule has 2 N–H and O–H groups in total. The lowest BCUT2D eigenvalue weighted by atomic mass is 10.0. The molecule has 0 unspecified atom stereocenters. The van der Waals surface area contributed by atoms with Gasteiger partial charge < -0.3 is 4.90 Å². The second kappa shape index (κ2) is 6.82. The summed E-state index contributed by atoms with van der Waals surface area (Å²) >= 11 is 0. The SMILES string of the molecule is CC[C@@H]1C(=N)N(C=N)c2cnc(-c3ccncc3)nc2N1C1CCCC1. The van der Waals surface area contributed by atoms with Crippen molar-refractivity contribution < 1.29 is 0 Å². The first-order chi connectivity index (χ1) is 12.7. The van der Waals surface area contributed by atoms with Gasteiger partial charge in [-0.2, -0.15) is 0 Å². The predicted octanol–water partition coefficient (Wildman–Crippen LogP) is 3.47. The van der Waals surface area contributed by atoms with E-state index in [0.717, 1.165) is 36.3 Å². The summed E-state index contributed by atoms with van der Waals surface area (Å²) in [5.41, 5.74) is 1.64. The molecule has 7 nitrogen and oxygen atoms in total. The highest BCUT2D eigenvalue weighted by Crippen LogP contribution is 2.40. The average Bonchev–Trinajstić information content (AvgIpc) is 3.21. The number of amidine groups is 1. The van der Waals surface area contributed by atoms with E-state index in [4.69, 9.17) is 15.8 Å². The highest BCUT2D eigenvalue weighted by molar-refractivity contribution is 6.16. The molecular formula is C19H23N7. The number of pyridine rings is 1. The largest absolute Gasteiger partial charge is 0.342 e. The summed E-state index contributed by atoms with van der Waals surface area (Å²) in [5.74, 6) is 1.93. The smallest absolute Gasteiger partial charge is 0.161 e. The number of hydrogen-bond acceptors (Lipinski definition) is 6. The van der Waals surface area contributed by atoms with Gasteiger partial charge in [0.25, 0.3) is 0 Å². The average molecular weight is 349 g/mol. The molecule has 1 aliphatic carbocycles. The number of nitrogens with zero attached hydrogens (tertiary/aromatic N) is 5. The van der Waals surface area contributed by atoms with Gasteiger partial charge in [-0.1, -0.05) is 19.8 Å². The second-order valence-corrected chi connectivity index (χ2v) is 6.79. The first-order valence-electron chi connectivity index (χ1n) is 9.18. The van der Waals surface area contributed by atoms with Crippen LogP contribution in [0.25, 0.3) is 11.4 Å². The third kappa shape index (κ3) is 2.64. The van der Waals surface area contributed by atoms with Gasteiger partial charge in [0, 0.05) is 24.0 Å². The molecule has 2 aliphatic rings. The monoisotopic (exact) mass is 349 g/mol. The summed E-state index contributed by atoms with van der Waals surface area (Å²) in [6.07, 6.45) is 11.9. The number of aromatic nitrogens is 3. The minimum Gasteiger partial charge on any atom is -0.342 e. The number of fused-ring (bicyclic) bond motifs is 1. The summed E-state index contributed by atoms with van der Waals surface area (Å²) in [7, 11) is 0. The Morgan fingerprint density at radius 2 is 1.96 bits per heavy atom. The van der Waals surface area contributed by atoms with Gasteiger partial charge in [-0.25, -0.2) is 9.97 Å². The van der Waals surface area contributed by atoms with Crippen LogP contribution in [0.5, 0.6) is 0 Å². The van der Waals surface area contributed by atoms with E-state index < -0.39 is 0 Å². The van der Waals surface area contributed by atoms with Gasteiger partial charge in [-0.3, -0.25) is 20.7 Å². The molecule has 26 heavy (non-hydrogen) atoms. The Bertz CT molecular complexity index is 814. The van der Waals surface area contributed by atoms with Crippen LogP contribution in [0.4, 0.5) is 11.5 Å². The molecule has 0 aromatic carbocycles. The first-order valence-corrected chi connectivity index (χ1v) is 9.18. The lowest BCUT2D eigenvalue weighted by Gasteiger charge is -2.45. The molecule has 0 saturated heterocycles. The van der Waals surface area contributed by atoms with Crippen LogP contribution >= 0.6 is 0 Å². The van der Waals surface area contributed by atoms with Gasteiger partial charge in [0.1, 0.15) is 11.5 Å². The maximum absolute atomic E-state index is 8.62. The predicted molar refractivity (Wildman–Crippen MR) is 103 cm³/mol. The molecule has 2 aromatic heterocycles. The Hall–Kier alpha value is -2.83. The van der Waals surface area contributed by atoms with Crippen LogP contribution in [0.15, 0.2) is 30.7 Å². The van der Waals surface area contributed by atoms with E-state index in [1.165, 1.54) is 19.2 Å². The summed E-state index contributed by atoms with van der Waals surface area (Å²) < 4.78 is 0. The van der Waals surface area contributed by atoms with E-state index >= 15 is 0 Å². The third-order valence-electron chi connectivity index (χ3n) is 5.34. The normalized spacial score (nSPS) is 20.3. The quantitative estimate of drug-likeness (QED) is 0.651. The summed E-state index contributed by atoms with van der Waals surface area (Å²) in [5, 5.41) is 16.4. The standard InChI is InChI=1S/C19H23N7/c1-2-15-17(21)25(12-20)16-11-23-18(13-7-9-22-10-8-13)24-19(16)26(15)14-5-3-4-6-14/h7-12,14-15,20-21H,2-6H2,1H3/t15-/m1/s1. The van der Waals surface area contributed by atoms with Crippen molar-refractivity contribution in [3.63, 3.8) is 0 Å². The number of rotatable bonds is 4. The van der Waals surface area contributed by atoms with E-state index in [1.54, 1.807) is 23.5 Å². The molecular weight excluding hydrogens is 326 g/mol. The summed E-state index contributed by atoms with van der Waals surface area (Å²) in [6.45, 7) is 2.10. The van der Waals surface area contributed by atoms with E-state index in [-0.39, 0.29) is 6.04 Å². The fourth-order valence-electron chi connectivity index (χ4n) is 4.08. The van der Waals surface area contributed by atoms with E-state index in [1.807, 2.05) is 12.1 Å². The summed E-state index contributed by atoms with van der Waals surface area (Å²) in [6, 6.07) is 4.13. The fraction of sp³-hybridized carbons (Fsp3) is 0.421. The van der Waals surface area contributed by atoms with Crippen molar-refractivity contribution >= 4 is 23.7 Å². The maximum atomic E-state index is 8.62. The zero-order valence-electron chi connectivity index (χ0n) is 14.9. The zero-order valence-corrected chi connectivity index (χ0v) is 14.9. The Morgan fingerprint density at radius 1 is 1.23 bits per heavy atom. The number of anilines is 2. The summed E-state index contributed by atoms with van der Waals surface area (Å²) in [4.78, 5) is 17.4. The van der Waals surface area contributed by atoms with Gasteiger partial charge in [0.2, 0.25) is 0 Å². The van der Waals surface area contributed by atoms with Crippen LogP contribution in [0.1, 0.15) is 39.0 Å². The lowest BCUT2D eigenvalue weighted by molar-refractivity contribution is 0.548. The highest BCUT2D eigenvalue weighted by Gasteiger charge is 2.40. The number of nitrogens with one attached hydrogen (secondary N) is 2. The molecule has 1 fully saturated rings. The van der Waals surface area contributed by atoms with Crippen LogP contribution in [-0.4, -0.2) is 39.2 Å². The fourth-order valence-corrected chi connectivity index (χ4v) is 4.08. The van der Waals surface area contributed by atoms with Crippen LogP contribution in [0.2, 0.25) is 0 Å². The number of hydrogen-bond donors (Lipinski definition) is 2. The van der Waals surface area contributed by atoms with Crippen LogP contribution in [0, 0.1) is 10.8 Å². The van der Waals surface area contributed by atoms with Gasteiger partial charge in [-0.05, 0) is 31.4 Å². The molecule has 134 valence electrons. The zero-order chi connectivity index (χ0) is 18.1. The van der Waals surface area contributed by atoms with Crippen LogP contribution < -0.4 is 9.80 Å². The Kier molecular flexibility index (Phi) is 4.36. The molecule has 7 heteroatoms. The van der Waals surface area contributed by atoms with Crippen molar-refractivity contribution in [3.8, 4) is 11.4 Å². The molecule has 1 saturated carbocycles. The highest BCUT2D eigenvalue weighted by atomic mass is 15.4. The van der Waals surface area contributed by atoms with Crippen molar-refractivity contribution in [2.24, 2.45) is 0 Å². The molecule has 0 spiro atoms. The topological polar surface area (TPSA) is 92.8 Å².